The molecule has 2 aliphatic rings. The largest absolute Gasteiger partial charge is 0.352 e. The zero-order chi connectivity index (χ0) is 25.9. The number of amides is 1. The summed E-state index contributed by atoms with van der Waals surface area (Å²) in [6.45, 7) is 7.09. The Labute approximate surface area is 225 Å². The van der Waals surface area contributed by atoms with Gasteiger partial charge in [0.1, 0.15) is 0 Å². The number of carbonyl (C=O) groups is 1. The minimum atomic E-state index is -0.0740. The Morgan fingerprint density at radius 1 is 1.14 bits per heavy atom. The number of nitrogens with zero attached hydrogens (tertiary/aromatic N) is 3. The molecule has 2 aromatic heterocycles. The monoisotopic (exact) mass is 515 g/mol. The van der Waals surface area contributed by atoms with Crippen molar-refractivity contribution in [3.05, 3.63) is 82.9 Å². The van der Waals surface area contributed by atoms with Crippen LogP contribution in [0.15, 0.2) is 54.7 Å². The molecule has 2 atom stereocenters. The van der Waals surface area contributed by atoms with E-state index in [1.807, 2.05) is 36.5 Å². The number of benzene rings is 1. The summed E-state index contributed by atoms with van der Waals surface area (Å²) in [4.78, 5) is 19.9. The molecule has 194 valence electrons. The molecule has 1 aliphatic carbocycles. The molecule has 0 spiro atoms. The predicted molar refractivity (Wildman–Crippen MR) is 153 cm³/mol. The fourth-order valence-corrected chi connectivity index (χ4v) is 6.53. The van der Waals surface area contributed by atoms with Crippen LogP contribution in [-0.4, -0.2) is 32.0 Å². The van der Waals surface area contributed by atoms with Crippen LogP contribution in [0.3, 0.4) is 0 Å². The van der Waals surface area contributed by atoms with Crippen molar-refractivity contribution in [2.45, 2.75) is 77.4 Å². The van der Waals surface area contributed by atoms with E-state index in [4.69, 9.17) is 12.2 Å². The second kappa shape index (κ2) is 11.1. The molecule has 1 aromatic carbocycles. The SMILES string of the molecule is CCc1ccccc1NC(=O)CCN1C(=S)N[C@H](c2ccccn2)[C@@H]1c1cc(C)n(C2CCCC2)c1C. The minimum absolute atomic E-state index is 0.000152. The van der Waals surface area contributed by atoms with Gasteiger partial charge in [0, 0.05) is 42.3 Å². The number of aryl methyl sites for hydroxylation is 2. The number of anilines is 1. The Morgan fingerprint density at radius 2 is 1.89 bits per heavy atom. The molecule has 0 radical (unpaired) electrons. The van der Waals surface area contributed by atoms with E-state index in [0.29, 0.717) is 24.1 Å². The van der Waals surface area contributed by atoms with Crippen LogP contribution in [0.1, 0.15) is 85.4 Å². The number of para-hydroxylation sites is 1. The van der Waals surface area contributed by atoms with Crippen LogP contribution in [0.5, 0.6) is 0 Å². The normalized spacial score (nSPS) is 19.9. The highest BCUT2D eigenvalue weighted by molar-refractivity contribution is 7.80. The van der Waals surface area contributed by atoms with Crippen LogP contribution in [0.4, 0.5) is 5.69 Å². The van der Waals surface area contributed by atoms with E-state index >= 15 is 0 Å². The van der Waals surface area contributed by atoms with Crippen molar-refractivity contribution in [3.63, 3.8) is 0 Å². The van der Waals surface area contributed by atoms with Gasteiger partial charge in [0.25, 0.3) is 0 Å². The second-order valence-electron chi connectivity index (χ2n) is 10.3. The first-order valence-electron chi connectivity index (χ1n) is 13.5. The molecule has 2 fully saturated rings. The van der Waals surface area contributed by atoms with Gasteiger partial charge in [-0.25, -0.2) is 0 Å². The number of carbonyl (C=O) groups excluding carboxylic acids is 1. The van der Waals surface area contributed by atoms with E-state index in [2.05, 4.69) is 64.1 Å². The molecule has 1 saturated heterocycles. The maximum Gasteiger partial charge on any atom is 0.226 e. The van der Waals surface area contributed by atoms with Gasteiger partial charge in [-0.1, -0.05) is 44.0 Å². The summed E-state index contributed by atoms with van der Waals surface area (Å²) < 4.78 is 2.53. The molecule has 3 aromatic rings. The lowest BCUT2D eigenvalue weighted by Gasteiger charge is -2.28. The molecular weight excluding hydrogens is 478 g/mol. The first kappa shape index (κ1) is 25.5. The van der Waals surface area contributed by atoms with Crippen LogP contribution in [0.2, 0.25) is 0 Å². The average molecular weight is 516 g/mol. The predicted octanol–water partition coefficient (Wildman–Crippen LogP) is 6.18. The molecule has 37 heavy (non-hydrogen) atoms. The van der Waals surface area contributed by atoms with Crippen molar-refractivity contribution in [2.75, 3.05) is 11.9 Å². The van der Waals surface area contributed by atoms with Crippen LogP contribution >= 0.6 is 12.2 Å². The van der Waals surface area contributed by atoms with Crippen LogP contribution in [-0.2, 0) is 11.2 Å². The summed E-state index contributed by atoms with van der Waals surface area (Å²) in [5.74, 6) is 0.000152. The fourth-order valence-electron chi connectivity index (χ4n) is 6.20. The van der Waals surface area contributed by atoms with Gasteiger partial charge >= 0.3 is 0 Å². The van der Waals surface area contributed by atoms with Crippen molar-refractivity contribution in [1.29, 1.82) is 0 Å². The van der Waals surface area contributed by atoms with E-state index in [1.54, 1.807) is 0 Å². The van der Waals surface area contributed by atoms with Crippen LogP contribution < -0.4 is 10.6 Å². The molecule has 1 saturated carbocycles. The maximum absolute atomic E-state index is 13.0. The van der Waals surface area contributed by atoms with Crippen LogP contribution in [0.25, 0.3) is 0 Å². The first-order valence-corrected chi connectivity index (χ1v) is 13.9. The highest BCUT2D eigenvalue weighted by Crippen LogP contribution is 2.43. The summed E-state index contributed by atoms with van der Waals surface area (Å²) in [5, 5.41) is 7.33. The van der Waals surface area contributed by atoms with E-state index < -0.39 is 0 Å². The first-order chi connectivity index (χ1) is 18.0. The van der Waals surface area contributed by atoms with Gasteiger partial charge in [-0.2, -0.15) is 0 Å². The lowest BCUT2D eigenvalue weighted by Crippen LogP contribution is -2.33. The van der Waals surface area contributed by atoms with Gasteiger partial charge in [-0.05, 0) is 80.7 Å². The number of nitrogens with one attached hydrogen (secondary N) is 2. The summed E-state index contributed by atoms with van der Waals surface area (Å²) in [7, 11) is 0. The highest BCUT2D eigenvalue weighted by Gasteiger charge is 2.41. The van der Waals surface area contributed by atoms with Gasteiger partial charge in [-0.15, -0.1) is 0 Å². The number of aromatic nitrogens is 2. The summed E-state index contributed by atoms with van der Waals surface area (Å²) in [5.41, 5.74) is 6.86. The Balaban J connectivity index is 1.42. The number of hydrogen-bond acceptors (Lipinski definition) is 3. The van der Waals surface area contributed by atoms with Gasteiger partial charge in [0.2, 0.25) is 5.91 Å². The standard InChI is InChI=1S/C30H37N5OS/c1-4-22-11-5-8-14-25(22)32-27(36)16-18-34-29(28(33-30(34)37)26-15-9-10-17-31-26)24-19-20(2)35(21(24)3)23-12-6-7-13-23/h5,8-11,14-15,17,19,23,28-29H,4,6-7,12-13,16,18H2,1-3H3,(H,32,36)(H,33,37)/t28-,29+/m1/s1. The Morgan fingerprint density at radius 3 is 2.62 bits per heavy atom. The van der Waals surface area contributed by atoms with Gasteiger partial charge in [-0.3, -0.25) is 9.78 Å². The molecule has 6 nitrogen and oxygen atoms in total. The van der Waals surface area contributed by atoms with Crippen molar-refractivity contribution in [3.8, 4) is 0 Å². The van der Waals surface area contributed by atoms with E-state index in [-0.39, 0.29) is 18.0 Å². The zero-order valence-corrected chi connectivity index (χ0v) is 22.9. The third-order valence-corrected chi connectivity index (χ3v) is 8.33. The van der Waals surface area contributed by atoms with Gasteiger partial charge in [0.15, 0.2) is 5.11 Å². The number of pyridine rings is 1. The third kappa shape index (κ3) is 5.14. The number of hydrogen-bond donors (Lipinski definition) is 2. The summed E-state index contributed by atoms with van der Waals surface area (Å²) in [6.07, 6.45) is 8.14. The molecule has 3 heterocycles. The second-order valence-corrected chi connectivity index (χ2v) is 10.7. The van der Waals surface area contributed by atoms with Crippen molar-refractivity contribution >= 4 is 28.9 Å². The fraction of sp³-hybridized carbons (Fsp3) is 0.433. The minimum Gasteiger partial charge on any atom is -0.352 e. The Bertz CT molecular complexity index is 1260. The Hall–Kier alpha value is -3.19. The highest BCUT2D eigenvalue weighted by atomic mass is 32.1. The lowest BCUT2D eigenvalue weighted by atomic mass is 9.96. The molecule has 0 unspecified atom stereocenters. The average Bonchev–Trinajstić information content (AvgIpc) is 3.61. The molecule has 1 amide bonds. The Kier molecular flexibility index (Phi) is 7.60. The molecule has 7 heteroatoms. The van der Waals surface area contributed by atoms with E-state index in [0.717, 1.165) is 23.4 Å². The smallest absolute Gasteiger partial charge is 0.226 e. The molecule has 1 aliphatic heterocycles. The molecule has 2 N–H and O–H groups in total. The van der Waals surface area contributed by atoms with Crippen molar-refractivity contribution < 1.29 is 4.79 Å². The molecule has 0 bridgehead atoms. The van der Waals surface area contributed by atoms with E-state index in [1.165, 1.54) is 42.6 Å². The molecular formula is C30H37N5OS. The van der Waals surface area contributed by atoms with Gasteiger partial charge in [0.05, 0.1) is 17.8 Å². The summed E-state index contributed by atoms with van der Waals surface area (Å²) >= 11 is 5.85. The van der Waals surface area contributed by atoms with Crippen LogP contribution in [0, 0.1) is 13.8 Å². The third-order valence-electron chi connectivity index (χ3n) is 7.98. The maximum atomic E-state index is 13.0. The zero-order valence-electron chi connectivity index (χ0n) is 22.0. The van der Waals surface area contributed by atoms with Crippen molar-refractivity contribution in [2.24, 2.45) is 0 Å². The molecule has 5 rings (SSSR count). The van der Waals surface area contributed by atoms with Gasteiger partial charge < -0.3 is 20.1 Å². The van der Waals surface area contributed by atoms with Crippen molar-refractivity contribution in [1.82, 2.24) is 19.8 Å². The number of thiocarbonyl (C=S) groups is 1. The van der Waals surface area contributed by atoms with E-state index in [9.17, 15) is 4.79 Å². The topological polar surface area (TPSA) is 62.2 Å². The summed E-state index contributed by atoms with van der Waals surface area (Å²) in [6, 6.07) is 16.8. The number of rotatable bonds is 8. The quantitative estimate of drug-likeness (QED) is 0.351. The lowest BCUT2D eigenvalue weighted by molar-refractivity contribution is -0.116.